The van der Waals surface area contributed by atoms with Crippen LogP contribution in [0, 0.1) is 0 Å². The van der Waals surface area contributed by atoms with Gasteiger partial charge in [-0.3, -0.25) is 9.59 Å². The fourth-order valence-electron chi connectivity index (χ4n) is 3.96. The first-order valence-electron chi connectivity index (χ1n) is 11.9. The number of ether oxygens (including phenoxy) is 1. The lowest BCUT2D eigenvalue weighted by molar-refractivity contribution is -0.124. The van der Waals surface area contributed by atoms with Crippen LogP contribution in [0.25, 0.3) is 0 Å². The summed E-state index contributed by atoms with van der Waals surface area (Å²) >= 11 is 0. The molecule has 1 aliphatic carbocycles. The minimum absolute atomic E-state index is 0.0583. The number of carbonyl (C=O) groups excluding carboxylic acids is 2. The van der Waals surface area contributed by atoms with Crippen LogP contribution in [0.15, 0.2) is 24.3 Å². The number of hydrogen-bond acceptors (Lipinski definition) is 4. The Kier molecular flexibility index (Phi) is 10.3. The van der Waals surface area contributed by atoms with Crippen molar-refractivity contribution in [2.24, 2.45) is 0 Å². The number of nitrogens with zero attached hydrogens (tertiary/aromatic N) is 1. The molecule has 0 bridgehead atoms. The molecule has 0 aliphatic heterocycles. The van der Waals surface area contributed by atoms with Crippen molar-refractivity contribution in [2.45, 2.75) is 83.2 Å². The van der Waals surface area contributed by atoms with Crippen LogP contribution in [-0.2, 0) is 4.79 Å². The molecule has 0 saturated heterocycles. The summed E-state index contributed by atoms with van der Waals surface area (Å²) in [7, 11) is 4.13. The topological polar surface area (TPSA) is 70.7 Å². The average molecular weight is 432 g/mol. The smallest absolute Gasteiger partial charge is 0.251 e. The first-order chi connectivity index (χ1) is 14.9. The van der Waals surface area contributed by atoms with Gasteiger partial charge in [-0.1, -0.05) is 39.5 Å². The molecule has 2 rings (SSSR count). The van der Waals surface area contributed by atoms with Crippen molar-refractivity contribution >= 4 is 11.8 Å². The summed E-state index contributed by atoms with van der Waals surface area (Å²) in [6.45, 7) is 5.53. The van der Waals surface area contributed by atoms with E-state index >= 15 is 0 Å². The van der Waals surface area contributed by atoms with E-state index in [4.69, 9.17) is 4.74 Å². The summed E-state index contributed by atoms with van der Waals surface area (Å²) in [5.41, 5.74) is 0.596. The molecular formula is C25H41N3O3. The van der Waals surface area contributed by atoms with Gasteiger partial charge >= 0.3 is 0 Å². The van der Waals surface area contributed by atoms with E-state index in [2.05, 4.69) is 36.6 Å². The molecule has 1 aromatic carbocycles. The van der Waals surface area contributed by atoms with Gasteiger partial charge in [-0.2, -0.15) is 0 Å². The van der Waals surface area contributed by atoms with Crippen molar-refractivity contribution in [3.05, 3.63) is 29.8 Å². The Bertz CT molecular complexity index is 684. The quantitative estimate of drug-likeness (QED) is 0.434. The van der Waals surface area contributed by atoms with E-state index in [0.717, 1.165) is 31.4 Å². The van der Waals surface area contributed by atoms with Crippen molar-refractivity contribution in [3.8, 4) is 5.75 Å². The molecule has 31 heavy (non-hydrogen) atoms. The minimum atomic E-state index is -0.522. The van der Waals surface area contributed by atoms with Crippen LogP contribution in [0.4, 0.5) is 0 Å². The normalized spacial score (nSPS) is 15.8. The molecule has 0 spiro atoms. The largest absolute Gasteiger partial charge is 0.494 e. The summed E-state index contributed by atoms with van der Waals surface area (Å²) in [6.07, 6.45) is 9.47. The van der Waals surface area contributed by atoms with Crippen LogP contribution in [0.1, 0.15) is 82.0 Å². The fourth-order valence-corrected chi connectivity index (χ4v) is 3.96. The maximum atomic E-state index is 12.8. The Morgan fingerprint density at radius 1 is 1.06 bits per heavy atom. The first kappa shape index (κ1) is 25.2. The summed E-state index contributed by atoms with van der Waals surface area (Å²) in [5.74, 6) is 0.440. The predicted molar refractivity (Wildman–Crippen MR) is 126 cm³/mol. The first-order valence-corrected chi connectivity index (χ1v) is 11.9. The van der Waals surface area contributed by atoms with Gasteiger partial charge in [-0.25, -0.2) is 0 Å². The van der Waals surface area contributed by atoms with Crippen LogP contribution in [0.2, 0.25) is 0 Å². The van der Waals surface area contributed by atoms with Gasteiger partial charge in [0.2, 0.25) is 5.91 Å². The van der Waals surface area contributed by atoms with E-state index in [9.17, 15) is 9.59 Å². The second-order valence-corrected chi connectivity index (χ2v) is 8.94. The molecule has 1 aliphatic rings. The number of carbonyl (C=O) groups is 2. The van der Waals surface area contributed by atoms with Gasteiger partial charge in [0, 0.05) is 17.6 Å². The Balaban J connectivity index is 1.85. The number of rotatable bonds is 14. The van der Waals surface area contributed by atoms with Crippen molar-refractivity contribution in [1.82, 2.24) is 15.5 Å². The van der Waals surface area contributed by atoms with Gasteiger partial charge in [0.05, 0.1) is 6.61 Å². The zero-order chi connectivity index (χ0) is 22.7. The molecule has 1 aromatic rings. The molecule has 6 heteroatoms. The highest BCUT2D eigenvalue weighted by atomic mass is 16.5. The minimum Gasteiger partial charge on any atom is -0.494 e. The molecular weight excluding hydrogens is 390 g/mol. The molecule has 1 atom stereocenters. The Morgan fingerprint density at radius 2 is 1.77 bits per heavy atom. The third-order valence-electron chi connectivity index (χ3n) is 6.41. The van der Waals surface area contributed by atoms with Crippen LogP contribution in [0.3, 0.4) is 0 Å². The van der Waals surface area contributed by atoms with Crippen LogP contribution >= 0.6 is 0 Å². The second kappa shape index (κ2) is 12.7. The lowest BCUT2D eigenvalue weighted by atomic mass is 9.75. The van der Waals surface area contributed by atoms with E-state index < -0.39 is 6.04 Å². The molecule has 1 fully saturated rings. The van der Waals surface area contributed by atoms with Crippen LogP contribution in [0.5, 0.6) is 5.75 Å². The van der Waals surface area contributed by atoms with Crippen LogP contribution < -0.4 is 15.4 Å². The summed E-state index contributed by atoms with van der Waals surface area (Å²) in [5, 5.41) is 6.00. The molecule has 0 radical (unpaired) electrons. The highest BCUT2D eigenvalue weighted by Gasteiger charge is 2.39. The van der Waals surface area contributed by atoms with Crippen molar-refractivity contribution in [3.63, 3.8) is 0 Å². The Labute approximate surface area is 188 Å². The fraction of sp³-hybridized carbons (Fsp3) is 0.680. The molecule has 2 amide bonds. The standard InChI is InChI=1S/C25H41N3O3/c1-5-7-8-9-18-31-21-14-12-20(13-15-21)23(29)27-22(11-6-2)24(30)26-19-25(28(3)4)16-10-17-25/h12-15,22H,5-11,16-19H2,1-4H3,(H,26,30)(H,27,29)/t22-/m0/s1. The van der Waals surface area contributed by atoms with Gasteiger partial charge < -0.3 is 20.3 Å². The zero-order valence-electron chi connectivity index (χ0n) is 19.8. The number of nitrogens with one attached hydrogen (secondary N) is 2. The monoisotopic (exact) mass is 431 g/mol. The summed E-state index contributed by atoms with van der Waals surface area (Å²) in [6, 6.07) is 6.63. The third kappa shape index (κ3) is 7.53. The summed E-state index contributed by atoms with van der Waals surface area (Å²) in [4.78, 5) is 27.7. The number of amides is 2. The van der Waals surface area contributed by atoms with Crippen molar-refractivity contribution in [1.29, 1.82) is 0 Å². The number of benzene rings is 1. The number of hydrogen-bond donors (Lipinski definition) is 2. The highest BCUT2D eigenvalue weighted by molar-refractivity contribution is 5.97. The highest BCUT2D eigenvalue weighted by Crippen LogP contribution is 2.35. The van der Waals surface area contributed by atoms with Crippen molar-refractivity contribution < 1.29 is 14.3 Å². The molecule has 0 aromatic heterocycles. The van der Waals surface area contributed by atoms with Crippen molar-refractivity contribution in [2.75, 3.05) is 27.2 Å². The number of unbranched alkanes of at least 4 members (excludes halogenated alkanes) is 3. The van der Waals surface area contributed by atoms with Crippen LogP contribution in [-0.4, -0.2) is 55.5 Å². The molecule has 174 valence electrons. The Morgan fingerprint density at radius 3 is 2.32 bits per heavy atom. The molecule has 6 nitrogen and oxygen atoms in total. The maximum absolute atomic E-state index is 12.8. The maximum Gasteiger partial charge on any atom is 0.251 e. The van der Waals surface area contributed by atoms with Gasteiger partial charge in [-0.15, -0.1) is 0 Å². The third-order valence-corrected chi connectivity index (χ3v) is 6.41. The van der Waals surface area contributed by atoms with Gasteiger partial charge in [0.25, 0.3) is 5.91 Å². The lowest BCUT2D eigenvalue weighted by Crippen LogP contribution is -2.59. The van der Waals surface area contributed by atoms with E-state index in [1.54, 1.807) is 12.1 Å². The molecule has 1 saturated carbocycles. The van der Waals surface area contributed by atoms with Gasteiger partial charge in [0.1, 0.15) is 11.8 Å². The molecule has 0 heterocycles. The average Bonchev–Trinajstić information content (AvgIpc) is 2.72. The van der Waals surface area contributed by atoms with E-state index in [0.29, 0.717) is 25.1 Å². The molecule has 2 N–H and O–H groups in total. The predicted octanol–water partition coefficient (Wildman–Crippen LogP) is 4.14. The van der Waals surface area contributed by atoms with E-state index in [1.807, 2.05) is 19.1 Å². The SMILES string of the molecule is CCCCCCOc1ccc(C(=O)N[C@@H](CCC)C(=O)NCC2(N(C)C)CCC2)cc1. The second-order valence-electron chi connectivity index (χ2n) is 8.94. The summed E-state index contributed by atoms with van der Waals surface area (Å²) < 4.78 is 5.74. The Hall–Kier alpha value is -2.08. The zero-order valence-corrected chi connectivity index (χ0v) is 19.8. The van der Waals surface area contributed by atoms with Gasteiger partial charge in [-0.05, 0) is 70.5 Å². The van der Waals surface area contributed by atoms with E-state index in [-0.39, 0.29) is 17.4 Å². The molecule has 0 unspecified atom stereocenters. The number of likely N-dealkylation sites (N-methyl/N-ethyl adjacent to an activating group) is 1. The lowest BCUT2D eigenvalue weighted by Gasteiger charge is -2.47. The van der Waals surface area contributed by atoms with E-state index in [1.165, 1.54) is 25.7 Å². The van der Waals surface area contributed by atoms with Gasteiger partial charge in [0.15, 0.2) is 0 Å².